The standard InChI is InChI=1S/C7H8F3N5/c8-7(9,10)4(1-11)2-13-5-3-14-15-6(5)12/h1-3,11,13H,(H3,12,14,15)/b4-2+,11-1?. The van der Waals surface area contributed by atoms with E-state index in [1.54, 1.807) is 0 Å². The van der Waals surface area contributed by atoms with Gasteiger partial charge in [0.1, 0.15) is 11.5 Å². The predicted octanol–water partition coefficient (Wildman–Crippen LogP) is 1.50. The van der Waals surface area contributed by atoms with E-state index in [1.165, 1.54) is 6.20 Å². The second-order valence-electron chi connectivity index (χ2n) is 2.58. The third kappa shape index (κ3) is 2.73. The van der Waals surface area contributed by atoms with Gasteiger partial charge in [-0.2, -0.15) is 18.3 Å². The molecule has 0 aliphatic carbocycles. The molecule has 1 rings (SSSR count). The van der Waals surface area contributed by atoms with Crippen LogP contribution in [0, 0.1) is 5.41 Å². The number of nitrogens with two attached hydrogens (primary N) is 1. The van der Waals surface area contributed by atoms with Gasteiger partial charge in [0.15, 0.2) is 0 Å². The van der Waals surface area contributed by atoms with Gasteiger partial charge in [0.05, 0.1) is 11.8 Å². The number of allylic oxidation sites excluding steroid dienone is 1. The zero-order chi connectivity index (χ0) is 11.5. The molecular weight excluding hydrogens is 211 g/mol. The van der Waals surface area contributed by atoms with E-state index in [0.717, 1.165) is 0 Å². The molecule has 0 bridgehead atoms. The Morgan fingerprint density at radius 3 is 2.67 bits per heavy atom. The summed E-state index contributed by atoms with van der Waals surface area (Å²) in [5.41, 5.74) is 4.44. The Morgan fingerprint density at radius 2 is 2.27 bits per heavy atom. The number of hydrogen-bond acceptors (Lipinski definition) is 4. The second-order valence-corrected chi connectivity index (χ2v) is 2.58. The minimum atomic E-state index is -4.56. The number of H-pyrrole nitrogens is 1. The summed E-state index contributed by atoms with van der Waals surface area (Å²) < 4.78 is 36.4. The molecule has 0 saturated heterocycles. The van der Waals surface area contributed by atoms with Gasteiger partial charge >= 0.3 is 6.18 Å². The fourth-order valence-corrected chi connectivity index (χ4v) is 0.772. The molecule has 5 N–H and O–H groups in total. The molecule has 0 atom stereocenters. The van der Waals surface area contributed by atoms with Gasteiger partial charge in [0.2, 0.25) is 0 Å². The normalized spacial score (nSPS) is 12.6. The van der Waals surface area contributed by atoms with Crippen LogP contribution in [0.15, 0.2) is 18.0 Å². The quantitative estimate of drug-likeness (QED) is 0.580. The van der Waals surface area contributed by atoms with Crippen LogP contribution in [-0.2, 0) is 0 Å². The SMILES string of the molecule is N=C/C(=C\Nc1cn[nH]c1N)C(F)(F)F. The van der Waals surface area contributed by atoms with Gasteiger partial charge in [-0.3, -0.25) is 5.10 Å². The highest BCUT2D eigenvalue weighted by molar-refractivity contribution is 5.78. The predicted molar refractivity (Wildman–Crippen MR) is 49.5 cm³/mol. The highest BCUT2D eigenvalue weighted by Crippen LogP contribution is 2.24. The molecule has 1 heterocycles. The van der Waals surface area contributed by atoms with E-state index in [1.807, 2.05) is 0 Å². The van der Waals surface area contributed by atoms with Crippen molar-refractivity contribution in [1.82, 2.24) is 10.2 Å². The molecule has 0 amide bonds. The molecule has 15 heavy (non-hydrogen) atoms. The average Bonchev–Trinajstić information content (AvgIpc) is 2.50. The van der Waals surface area contributed by atoms with Crippen LogP contribution in [0.5, 0.6) is 0 Å². The fourth-order valence-electron chi connectivity index (χ4n) is 0.772. The Kier molecular flexibility index (Phi) is 2.98. The van der Waals surface area contributed by atoms with Crippen LogP contribution in [-0.4, -0.2) is 22.6 Å². The van der Waals surface area contributed by atoms with Crippen LogP contribution in [0.2, 0.25) is 0 Å². The van der Waals surface area contributed by atoms with E-state index in [4.69, 9.17) is 11.1 Å². The lowest BCUT2D eigenvalue weighted by Gasteiger charge is -2.06. The smallest absolute Gasteiger partial charge is 0.382 e. The summed E-state index contributed by atoms with van der Waals surface area (Å²) in [6, 6.07) is 0. The zero-order valence-electron chi connectivity index (χ0n) is 7.39. The first kappa shape index (κ1) is 11.1. The first-order chi connectivity index (χ1) is 6.95. The topological polar surface area (TPSA) is 90.6 Å². The van der Waals surface area contributed by atoms with E-state index < -0.39 is 11.7 Å². The number of aromatic amines is 1. The summed E-state index contributed by atoms with van der Waals surface area (Å²) in [7, 11) is 0. The molecule has 0 spiro atoms. The van der Waals surface area contributed by atoms with Crippen molar-refractivity contribution in [3.05, 3.63) is 18.0 Å². The number of alkyl halides is 3. The molecule has 0 fully saturated rings. The average molecular weight is 219 g/mol. The maximum absolute atomic E-state index is 12.1. The highest BCUT2D eigenvalue weighted by Gasteiger charge is 2.32. The Morgan fingerprint density at radius 1 is 1.60 bits per heavy atom. The molecule has 0 aromatic carbocycles. The lowest BCUT2D eigenvalue weighted by Crippen LogP contribution is -2.14. The van der Waals surface area contributed by atoms with Crippen molar-refractivity contribution in [2.45, 2.75) is 6.18 Å². The second kappa shape index (κ2) is 4.03. The first-order valence-corrected chi connectivity index (χ1v) is 3.78. The van der Waals surface area contributed by atoms with Gasteiger partial charge in [-0.1, -0.05) is 0 Å². The van der Waals surface area contributed by atoms with E-state index in [-0.39, 0.29) is 17.7 Å². The lowest BCUT2D eigenvalue weighted by molar-refractivity contribution is -0.0857. The van der Waals surface area contributed by atoms with Gasteiger partial charge in [0, 0.05) is 12.4 Å². The number of hydrogen-bond donors (Lipinski definition) is 4. The minimum Gasteiger partial charge on any atom is -0.382 e. The number of anilines is 2. The summed E-state index contributed by atoms with van der Waals surface area (Å²) in [6.45, 7) is 0. The monoisotopic (exact) mass is 219 g/mol. The molecule has 0 radical (unpaired) electrons. The molecule has 0 unspecified atom stereocenters. The van der Waals surface area contributed by atoms with Gasteiger partial charge in [-0.05, 0) is 0 Å². The summed E-state index contributed by atoms with van der Waals surface area (Å²) in [5, 5.41) is 14.7. The number of nitrogen functional groups attached to an aromatic ring is 1. The molecular formula is C7H8F3N5. The number of rotatable bonds is 3. The Bertz CT molecular complexity index is 378. The summed E-state index contributed by atoms with van der Waals surface area (Å²) in [6.07, 6.45) is -2.46. The highest BCUT2D eigenvalue weighted by atomic mass is 19.4. The Hall–Kier alpha value is -1.99. The number of aromatic nitrogens is 2. The van der Waals surface area contributed by atoms with Gasteiger partial charge in [0.25, 0.3) is 0 Å². The van der Waals surface area contributed by atoms with Crippen LogP contribution < -0.4 is 11.1 Å². The molecule has 0 aliphatic heterocycles. The zero-order valence-corrected chi connectivity index (χ0v) is 7.39. The maximum Gasteiger partial charge on any atom is 0.419 e. The van der Waals surface area contributed by atoms with Crippen molar-refractivity contribution in [2.75, 3.05) is 11.1 Å². The number of nitrogens with one attached hydrogen (secondary N) is 3. The van der Waals surface area contributed by atoms with Gasteiger partial charge in [-0.25, -0.2) is 0 Å². The van der Waals surface area contributed by atoms with Crippen molar-refractivity contribution in [2.24, 2.45) is 0 Å². The van der Waals surface area contributed by atoms with Crippen LogP contribution in [0.1, 0.15) is 0 Å². The third-order valence-corrected chi connectivity index (χ3v) is 1.53. The first-order valence-electron chi connectivity index (χ1n) is 3.78. The third-order valence-electron chi connectivity index (χ3n) is 1.53. The van der Waals surface area contributed by atoms with Gasteiger partial charge < -0.3 is 16.5 Å². The van der Waals surface area contributed by atoms with Gasteiger partial charge in [-0.15, -0.1) is 0 Å². The molecule has 82 valence electrons. The number of nitrogens with zero attached hydrogens (tertiary/aromatic N) is 1. The van der Waals surface area contributed by atoms with E-state index in [9.17, 15) is 13.2 Å². The number of halogens is 3. The fraction of sp³-hybridized carbons (Fsp3) is 0.143. The molecule has 0 saturated carbocycles. The van der Waals surface area contributed by atoms with Crippen molar-refractivity contribution in [3.8, 4) is 0 Å². The van der Waals surface area contributed by atoms with E-state index in [0.29, 0.717) is 6.20 Å². The molecule has 8 heteroatoms. The summed E-state index contributed by atoms with van der Waals surface area (Å²) in [5.74, 6) is 0.123. The molecule has 1 aromatic heterocycles. The maximum atomic E-state index is 12.1. The molecule has 1 aromatic rings. The van der Waals surface area contributed by atoms with Crippen LogP contribution in [0.4, 0.5) is 24.7 Å². The van der Waals surface area contributed by atoms with Crippen LogP contribution >= 0.6 is 0 Å². The van der Waals surface area contributed by atoms with Crippen molar-refractivity contribution in [1.29, 1.82) is 5.41 Å². The lowest BCUT2D eigenvalue weighted by atomic mass is 10.3. The van der Waals surface area contributed by atoms with E-state index in [2.05, 4.69) is 15.5 Å². The van der Waals surface area contributed by atoms with Crippen LogP contribution in [0.25, 0.3) is 0 Å². The Labute approximate surface area is 82.7 Å². The largest absolute Gasteiger partial charge is 0.419 e. The van der Waals surface area contributed by atoms with Crippen molar-refractivity contribution < 1.29 is 13.2 Å². The van der Waals surface area contributed by atoms with E-state index >= 15 is 0 Å². The molecule has 0 aliphatic rings. The summed E-state index contributed by atoms with van der Waals surface area (Å²) >= 11 is 0. The summed E-state index contributed by atoms with van der Waals surface area (Å²) in [4.78, 5) is 0. The molecule has 5 nitrogen and oxygen atoms in total. The minimum absolute atomic E-state index is 0.123. The Balaban J connectivity index is 2.80. The van der Waals surface area contributed by atoms with Crippen LogP contribution in [0.3, 0.4) is 0 Å². The van der Waals surface area contributed by atoms with Crippen molar-refractivity contribution >= 4 is 17.7 Å². The van der Waals surface area contributed by atoms with Crippen molar-refractivity contribution in [3.63, 3.8) is 0 Å².